The Bertz CT molecular complexity index is 419. The van der Waals surface area contributed by atoms with Gasteiger partial charge in [-0.1, -0.05) is 37.4 Å². The molecule has 1 saturated carbocycles. The third-order valence-corrected chi connectivity index (χ3v) is 4.79. The van der Waals surface area contributed by atoms with Gasteiger partial charge in [0.05, 0.1) is 5.54 Å². The number of benzene rings is 1. The third-order valence-electron chi connectivity index (χ3n) is 4.38. The van der Waals surface area contributed by atoms with Crippen LogP contribution in [0.15, 0.2) is 18.2 Å². The summed E-state index contributed by atoms with van der Waals surface area (Å²) < 4.78 is 0. The van der Waals surface area contributed by atoms with Crippen LogP contribution in [0.3, 0.4) is 0 Å². The lowest BCUT2D eigenvalue weighted by Crippen LogP contribution is -2.48. The Balaban J connectivity index is 2.22. The second kappa shape index (κ2) is 5.50. The predicted octanol–water partition coefficient (Wildman–Crippen LogP) is 3.97. The van der Waals surface area contributed by atoms with Gasteiger partial charge in [-0.25, -0.2) is 0 Å². The molecular formula is C15H23ClN2. The topological polar surface area (TPSA) is 38.0 Å². The summed E-state index contributed by atoms with van der Waals surface area (Å²) in [6, 6.07) is 6.17. The number of halogens is 1. The predicted molar refractivity (Wildman–Crippen MR) is 79.2 cm³/mol. The normalized spacial score (nSPS) is 27.4. The van der Waals surface area contributed by atoms with Crippen molar-refractivity contribution in [1.29, 1.82) is 0 Å². The molecule has 2 unspecified atom stereocenters. The molecule has 2 rings (SSSR count). The van der Waals surface area contributed by atoms with Crippen molar-refractivity contribution >= 4 is 17.3 Å². The average Bonchev–Trinajstić information content (AvgIpc) is 2.77. The molecule has 3 N–H and O–H groups in total. The minimum absolute atomic E-state index is 0.0628. The highest BCUT2D eigenvalue weighted by molar-refractivity contribution is 6.31. The number of aryl methyl sites for hydroxylation is 1. The molecule has 1 aromatic rings. The van der Waals surface area contributed by atoms with Crippen LogP contribution in [-0.2, 0) is 0 Å². The van der Waals surface area contributed by atoms with Gasteiger partial charge in [0.25, 0.3) is 0 Å². The Morgan fingerprint density at radius 1 is 1.50 bits per heavy atom. The maximum atomic E-state index is 6.19. The zero-order chi connectivity index (χ0) is 13.2. The van der Waals surface area contributed by atoms with Crippen LogP contribution in [0.1, 0.15) is 38.2 Å². The van der Waals surface area contributed by atoms with Crippen molar-refractivity contribution in [2.45, 2.75) is 45.1 Å². The molecule has 0 radical (unpaired) electrons. The first-order valence-corrected chi connectivity index (χ1v) is 7.23. The molecule has 1 fully saturated rings. The fourth-order valence-electron chi connectivity index (χ4n) is 3.18. The van der Waals surface area contributed by atoms with Gasteiger partial charge in [0, 0.05) is 17.3 Å². The Labute approximate surface area is 115 Å². The fraction of sp³-hybridized carbons (Fsp3) is 0.600. The summed E-state index contributed by atoms with van der Waals surface area (Å²) in [7, 11) is 0. The van der Waals surface area contributed by atoms with Gasteiger partial charge in [0.2, 0.25) is 0 Å². The highest BCUT2D eigenvalue weighted by Crippen LogP contribution is 2.40. The van der Waals surface area contributed by atoms with E-state index in [0.717, 1.165) is 22.7 Å². The van der Waals surface area contributed by atoms with E-state index < -0.39 is 0 Å². The minimum atomic E-state index is 0.0628. The van der Waals surface area contributed by atoms with Crippen LogP contribution in [0.25, 0.3) is 0 Å². The molecule has 0 spiro atoms. The summed E-state index contributed by atoms with van der Waals surface area (Å²) >= 11 is 6.19. The molecule has 3 heteroatoms. The maximum Gasteiger partial charge on any atom is 0.0523 e. The molecule has 0 aromatic heterocycles. The molecule has 1 aromatic carbocycles. The van der Waals surface area contributed by atoms with Gasteiger partial charge in [-0.3, -0.25) is 0 Å². The molecule has 1 aliphatic carbocycles. The lowest BCUT2D eigenvalue weighted by Gasteiger charge is -2.36. The Morgan fingerprint density at radius 3 is 2.89 bits per heavy atom. The van der Waals surface area contributed by atoms with Gasteiger partial charge in [-0.15, -0.1) is 0 Å². The van der Waals surface area contributed by atoms with E-state index in [1.807, 2.05) is 13.0 Å². The maximum absolute atomic E-state index is 6.19. The molecular weight excluding hydrogens is 244 g/mol. The molecule has 0 aliphatic heterocycles. The summed E-state index contributed by atoms with van der Waals surface area (Å²) in [6.07, 6.45) is 4.89. The Kier molecular flexibility index (Phi) is 4.18. The van der Waals surface area contributed by atoms with Crippen molar-refractivity contribution in [1.82, 2.24) is 0 Å². The third kappa shape index (κ3) is 2.50. The van der Waals surface area contributed by atoms with Crippen LogP contribution in [-0.4, -0.2) is 12.1 Å². The van der Waals surface area contributed by atoms with Crippen LogP contribution in [0.2, 0.25) is 5.02 Å². The highest BCUT2D eigenvalue weighted by Gasteiger charge is 2.40. The van der Waals surface area contributed by atoms with Crippen LogP contribution in [0.4, 0.5) is 5.69 Å². The first kappa shape index (κ1) is 13.7. The molecule has 0 heterocycles. The number of nitrogens with one attached hydrogen (secondary N) is 1. The van der Waals surface area contributed by atoms with E-state index >= 15 is 0 Å². The van der Waals surface area contributed by atoms with Crippen molar-refractivity contribution in [3.05, 3.63) is 28.8 Å². The van der Waals surface area contributed by atoms with E-state index in [1.165, 1.54) is 19.3 Å². The standard InChI is InChI=1S/C15H23ClN2/c1-3-12-5-4-8-15(12,10-17)18-13-7-6-11(2)14(16)9-13/h6-7,9,12,18H,3-5,8,10,17H2,1-2H3. The van der Waals surface area contributed by atoms with Crippen LogP contribution in [0, 0.1) is 12.8 Å². The second-order valence-electron chi connectivity index (χ2n) is 5.45. The number of rotatable bonds is 4. The zero-order valence-corrected chi connectivity index (χ0v) is 12.1. The van der Waals surface area contributed by atoms with Crippen LogP contribution < -0.4 is 11.1 Å². The van der Waals surface area contributed by atoms with E-state index in [-0.39, 0.29) is 5.54 Å². The smallest absolute Gasteiger partial charge is 0.0523 e. The average molecular weight is 267 g/mol. The number of nitrogens with two attached hydrogens (primary N) is 1. The van der Waals surface area contributed by atoms with Gasteiger partial charge < -0.3 is 11.1 Å². The quantitative estimate of drug-likeness (QED) is 0.865. The molecule has 1 aliphatic rings. The zero-order valence-electron chi connectivity index (χ0n) is 11.3. The second-order valence-corrected chi connectivity index (χ2v) is 5.85. The lowest BCUT2D eigenvalue weighted by molar-refractivity contribution is 0.346. The van der Waals surface area contributed by atoms with E-state index in [4.69, 9.17) is 17.3 Å². The van der Waals surface area contributed by atoms with Crippen LogP contribution in [0.5, 0.6) is 0 Å². The van der Waals surface area contributed by atoms with E-state index in [1.54, 1.807) is 0 Å². The van der Waals surface area contributed by atoms with E-state index in [0.29, 0.717) is 12.5 Å². The summed E-state index contributed by atoms with van der Waals surface area (Å²) in [6.45, 7) is 4.97. The Morgan fingerprint density at radius 2 is 2.28 bits per heavy atom. The van der Waals surface area contributed by atoms with Crippen molar-refractivity contribution in [3.8, 4) is 0 Å². The number of hydrogen-bond acceptors (Lipinski definition) is 2. The molecule has 2 atom stereocenters. The largest absolute Gasteiger partial charge is 0.378 e. The van der Waals surface area contributed by atoms with Crippen LogP contribution >= 0.6 is 11.6 Å². The van der Waals surface area contributed by atoms with Crippen molar-refractivity contribution < 1.29 is 0 Å². The van der Waals surface area contributed by atoms with Crippen molar-refractivity contribution in [2.75, 3.05) is 11.9 Å². The molecule has 18 heavy (non-hydrogen) atoms. The van der Waals surface area contributed by atoms with Gasteiger partial charge >= 0.3 is 0 Å². The van der Waals surface area contributed by atoms with Gasteiger partial charge in [-0.05, 0) is 43.4 Å². The van der Waals surface area contributed by atoms with E-state index in [2.05, 4.69) is 24.4 Å². The lowest BCUT2D eigenvalue weighted by atomic mass is 9.85. The summed E-state index contributed by atoms with van der Waals surface area (Å²) in [5.41, 5.74) is 8.33. The number of anilines is 1. The van der Waals surface area contributed by atoms with Gasteiger partial charge in [0.1, 0.15) is 0 Å². The molecule has 0 saturated heterocycles. The monoisotopic (exact) mass is 266 g/mol. The van der Waals surface area contributed by atoms with Crippen molar-refractivity contribution in [3.63, 3.8) is 0 Å². The highest BCUT2D eigenvalue weighted by atomic mass is 35.5. The first-order valence-electron chi connectivity index (χ1n) is 6.85. The minimum Gasteiger partial charge on any atom is -0.378 e. The summed E-state index contributed by atoms with van der Waals surface area (Å²) in [4.78, 5) is 0. The first-order chi connectivity index (χ1) is 8.61. The molecule has 0 bridgehead atoms. The van der Waals surface area contributed by atoms with Gasteiger partial charge in [0.15, 0.2) is 0 Å². The summed E-state index contributed by atoms with van der Waals surface area (Å²) in [5.74, 6) is 0.669. The van der Waals surface area contributed by atoms with Crippen molar-refractivity contribution in [2.24, 2.45) is 11.7 Å². The SMILES string of the molecule is CCC1CCCC1(CN)Nc1ccc(C)c(Cl)c1. The Hall–Kier alpha value is -0.730. The van der Waals surface area contributed by atoms with Gasteiger partial charge in [-0.2, -0.15) is 0 Å². The molecule has 2 nitrogen and oxygen atoms in total. The summed E-state index contributed by atoms with van der Waals surface area (Å²) in [5, 5.41) is 4.48. The van der Waals surface area contributed by atoms with E-state index in [9.17, 15) is 0 Å². The molecule has 0 amide bonds. The molecule has 100 valence electrons. The fourth-order valence-corrected chi connectivity index (χ4v) is 3.36. The number of hydrogen-bond donors (Lipinski definition) is 2.